The molecular formula is C10H5BrF3N3O3. The summed E-state index contributed by atoms with van der Waals surface area (Å²) in [7, 11) is 0. The first-order valence-electron chi connectivity index (χ1n) is 4.98. The van der Waals surface area contributed by atoms with E-state index in [1.165, 1.54) is 0 Å². The predicted octanol–water partition coefficient (Wildman–Crippen LogP) is 2.04. The second-order valence-corrected chi connectivity index (χ2v) is 4.46. The van der Waals surface area contributed by atoms with Crippen LogP contribution in [0.3, 0.4) is 0 Å². The summed E-state index contributed by atoms with van der Waals surface area (Å²) in [4.78, 5) is 28.1. The van der Waals surface area contributed by atoms with Gasteiger partial charge in [-0.15, -0.1) is 0 Å². The lowest BCUT2D eigenvalue weighted by molar-refractivity contribution is -0.138. The molecule has 0 fully saturated rings. The zero-order chi connectivity index (χ0) is 15.1. The van der Waals surface area contributed by atoms with Crippen molar-refractivity contribution in [3.05, 3.63) is 44.7 Å². The fourth-order valence-electron chi connectivity index (χ4n) is 1.53. The van der Waals surface area contributed by atoms with Gasteiger partial charge in [-0.05, 0) is 15.9 Å². The van der Waals surface area contributed by atoms with Gasteiger partial charge in [-0.25, -0.2) is 9.78 Å². The minimum Gasteiger partial charge on any atom is -0.478 e. The molecule has 0 atom stereocenters. The number of H-pyrrole nitrogens is 1. The maximum absolute atomic E-state index is 12.7. The summed E-state index contributed by atoms with van der Waals surface area (Å²) >= 11 is 2.88. The van der Waals surface area contributed by atoms with Gasteiger partial charge >= 0.3 is 12.1 Å². The number of alkyl halides is 3. The van der Waals surface area contributed by atoms with Crippen LogP contribution in [0, 0.1) is 0 Å². The van der Waals surface area contributed by atoms with Crippen LogP contribution >= 0.6 is 15.9 Å². The van der Waals surface area contributed by atoms with Crippen molar-refractivity contribution in [2.75, 3.05) is 0 Å². The highest BCUT2D eigenvalue weighted by Crippen LogP contribution is 2.33. The fraction of sp³-hybridized carbons (Fsp3) is 0.100. The van der Waals surface area contributed by atoms with E-state index in [-0.39, 0.29) is 10.3 Å². The number of carboxylic acid groups (broad SMARTS) is 1. The molecule has 2 aromatic heterocycles. The quantitative estimate of drug-likeness (QED) is 0.866. The lowest BCUT2D eigenvalue weighted by atomic mass is 10.2. The number of hydrogen-bond acceptors (Lipinski definition) is 3. The Labute approximate surface area is 117 Å². The van der Waals surface area contributed by atoms with Crippen LogP contribution in [0.25, 0.3) is 5.82 Å². The lowest BCUT2D eigenvalue weighted by Crippen LogP contribution is -2.11. The van der Waals surface area contributed by atoms with Gasteiger partial charge in [0.15, 0.2) is 5.82 Å². The van der Waals surface area contributed by atoms with Crippen molar-refractivity contribution in [2.45, 2.75) is 6.18 Å². The van der Waals surface area contributed by atoms with E-state index in [4.69, 9.17) is 5.11 Å². The Morgan fingerprint density at radius 1 is 1.40 bits per heavy atom. The maximum Gasteiger partial charge on any atom is 0.418 e. The zero-order valence-corrected chi connectivity index (χ0v) is 11.0. The Kier molecular flexibility index (Phi) is 3.42. The molecule has 20 heavy (non-hydrogen) atoms. The molecule has 0 aliphatic heterocycles. The van der Waals surface area contributed by atoms with E-state index in [1.807, 2.05) is 0 Å². The molecule has 0 saturated heterocycles. The molecule has 0 spiro atoms. The van der Waals surface area contributed by atoms with Gasteiger partial charge in [-0.3, -0.25) is 4.79 Å². The van der Waals surface area contributed by atoms with Crippen LogP contribution in [-0.2, 0) is 6.18 Å². The van der Waals surface area contributed by atoms with Crippen molar-refractivity contribution in [1.82, 2.24) is 14.5 Å². The number of nitrogens with one attached hydrogen (secondary N) is 1. The molecule has 0 amide bonds. The molecule has 0 saturated carbocycles. The van der Waals surface area contributed by atoms with Crippen LogP contribution < -0.4 is 5.56 Å². The number of halogens is 4. The fourth-order valence-corrected chi connectivity index (χ4v) is 1.95. The van der Waals surface area contributed by atoms with Gasteiger partial charge in [0.1, 0.15) is 4.47 Å². The first-order valence-corrected chi connectivity index (χ1v) is 5.77. The van der Waals surface area contributed by atoms with Crippen molar-refractivity contribution in [3.8, 4) is 5.82 Å². The summed E-state index contributed by atoms with van der Waals surface area (Å²) < 4.78 is 38.9. The molecule has 0 bridgehead atoms. The Morgan fingerprint density at radius 3 is 2.55 bits per heavy atom. The van der Waals surface area contributed by atoms with Crippen molar-refractivity contribution < 1.29 is 23.1 Å². The van der Waals surface area contributed by atoms with E-state index in [0.29, 0.717) is 6.20 Å². The first kappa shape index (κ1) is 14.3. The molecule has 2 N–H and O–H groups in total. The van der Waals surface area contributed by atoms with Crippen LogP contribution in [-0.4, -0.2) is 25.6 Å². The molecule has 2 aromatic rings. The molecular weight excluding hydrogens is 347 g/mol. The maximum atomic E-state index is 12.7. The molecule has 2 rings (SSSR count). The smallest absolute Gasteiger partial charge is 0.418 e. The van der Waals surface area contributed by atoms with Crippen LogP contribution in [0.4, 0.5) is 13.2 Å². The number of aromatic nitrogens is 3. The van der Waals surface area contributed by atoms with Crippen LogP contribution in [0.15, 0.2) is 28.0 Å². The van der Waals surface area contributed by atoms with Gasteiger partial charge in [0.2, 0.25) is 0 Å². The molecule has 10 heteroatoms. The molecule has 0 aliphatic carbocycles. The molecule has 6 nitrogen and oxygen atoms in total. The summed E-state index contributed by atoms with van der Waals surface area (Å²) in [5, 5.41) is 8.80. The molecule has 106 valence electrons. The van der Waals surface area contributed by atoms with E-state index in [9.17, 15) is 22.8 Å². The minimum absolute atomic E-state index is 0.110. The summed E-state index contributed by atoms with van der Waals surface area (Å²) in [6.45, 7) is 0. The molecule has 0 radical (unpaired) electrons. The van der Waals surface area contributed by atoms with Gasteiger partial charge in [-0.1, -0.05) is 0 Å². The normalized spacial score (nSPS) is 11.6. The second-order valence-electron chi connectivity index (χ2n) is 3.66. The molecule has 0 unspecified atom stereocenters. The third kappa shape index (κ3) is 2.46. The SMILES string of the molecule is O=C(O)c1cn(-c2nc[nH]c(=O)c2Br)cc1C(F)(F)F. The van der Waals surface area contributed by atoms with E-state index < -0.39 is 28.8 Å². The van der Waals surface area contributed by atoms with E-state index in [0.717, 1.165) is 17.1 Å². The number of carbonyl (C=O) groups is 1. The van der Waals surface area contributed by atoms with Gasteiger partial charge in [0.25, 0.3) is 5.56 Å². The van der Waals surface area contributed by atoms with Gasteiger partial charge < -0.3 is 14.7 Å². The number of carboxylic acids is 1. The topological polar surface area (TPSA) is 88.0 Å². The minimum atomic E-state index is -4.83. The highest BCUT2D eigenvalue weighted by atomic mass is 79.9. The standard InChI is InChI=1S/C10H5BrF3N3O3/c11-6-7(15-3-16-8(6)18)17-1-4(9(19)20)5(2-17)10(12,13)14/h1-3H,(H,19,20)(H,15,16,18). The number of hydrogen-bond donors (Lipinski definition) is 2. The average Bonchev–Trinajstić information content (AvgIpc) is 2.77. The Hall–Kier alpha value is -2.10. The Bertz CT molecular complexity index is 735. The molecule has 0 aliphatic rings. The van der Waals surface area contributed by atoms with Gasteiger partial charge in [0, 0.05) is 12.4 Å². The number of nitrogens with zero attached hydrogens (tertiary/aromatic N) is 2. The third-order valence-electron chi connectivity index (χ3n) is 2.39. The highest BCUT2D eigenvalue weighted by Gasteiger charge is 2.37. The van der Waals surface area contributed by atoms with Crippen molar-refractivity contribution >= 4 is 21.9 Å². The van der Waals surface area contributed by atoms with Crippen LogP contribution in [0.1, 0.15) is 15.9 Å². The summed E-state index contributed by atoms with van der Waals surface area (Å²) in [5.41, 5.74) is -2.85. The summed E-state index contributed by atoms with van der Waals surface area (Å²) in [5.74, 6) is -1.87. The van der Waals surface area contributed by atoms with Crippen molar-refractivity contribution in [1.29, 1.82) is 0 Å². The number of aromatic carboxylic acids is 1. The lowest BCUT2D eigenvalue weighted by Gasteiger charge is -2.04. The first-order chi connectivity index (χ1) is 9.21. The van der Waals surface area contributed by atoms with Crippen LogP contribution in [0.5, 0.6) is 0 Å². The summed E-state index contributed by atoms with van der Waals surface area (Å²) in [6, 6.07) is 0. The largest absolute Gasteiger partial charge is 0.478 e. The third-order valence-corrected chi connectivity index (χ3v) is 3.10. The van der Waals surface area contributed by atoms with Crippen molar-refractivity contribution in [3.63, 3.8) is 0 Å². The Morgan fingerprint density at radius 2 is 2.05 bits per heavy atom. The van der Waals surface area contributed by atoms with E-state index >= 15 is 0 Å². The highest BCUT2D eigenvalue weighted by molar-refractivity contribution is 9.10. The van der Waals surface area contributed by atoms with E-state index in [1.54, 1.807) is 0 Å². The average molecular weight is 352 g/mol. The van der Waals surface area contributed by atoms with Gasteiger partial charge in [0.05, 0.1) is 17.5 Å². The molecule has 2 heterocycles. The molecule has 0 aromatic carbocycles. The Balaban J connectivity index is 2.69. The zero-order valence-electron chi connectivity index (χ0n) is 9.40. The predicted molar refractivity (Wildman–Crippen MR) is 63.8 cm³/mol. The number of rotatable bonds is 2. The van der Waals surface area contributed by atoms with Gasteiger partial charge in [-0.2, -0.15) is 13.2 Å². The number of aromatic amines is 1. The van der Waals surface area contributed by atoms with Crippen LogP contribution in [0.2, 0.25) is 0 Å². The van der Waals surface area contributed by atoms with E-state index in [2.05, 4.69) is 25.9 Å². The second kappa shape index (κ2) is 4.78. The summed E-state index contributed by atoms with van der Waals surface area (Å²) in [6.07, 6.45) is -2.52. The monoisotopic (exact) mass is 351 g/mol. The van der Waals surface area contributed by atoms with Crippen molar-refractivity contribution in [2.24, 2.45) is 0 Å².